The predicted octanol–water partition coefficient (Wildman–Crippen LogP) is 4.05. The highest BCUT2D eigenvalue weighted by molar-refractivity contribution is 7.84. The molecule has 1 heterocycles. The Kier molecular flexibility index (Phi) is 4.71. The molecule has 0 aromatic heterocycles. The van der Waals surface area contributed by atoms with Crippen molar-refractivity contribution < 1.29 is 22.2 Å². The van der Waals surface area contributed by atoms with Crippen LogP contribution in [-0.4, -0.2) is 22.2 Å². The minimum absolute atomic E-state index is 0.271. The Balaban J connectivity index is 1.65. The molecule has 3 rings (SSSR count). The standard InChI is InChI=1S/C17H14F3NO2S/c18-17(19,20)16-10-15(21-23-16)13-8-6-12(7-9-13)11-24(22)14-4-2-1-3-5-14/h1-9,16H,10-11H2. The zero-order valence-corrected chi connectivity index (χ0v) is 13.3. The molecule has 2 atom stereocenters. The Morgan fingerprint density at radius 3 is 2.33 bits per heavy atom. The van der Waals surface area contributed by atoms with Gasteiger partial charge in [0.15, 0.2) is 0 Å². The van der Waals surface area contributed by atoms with Crippen LogP contribution in [0.15, 0.2) is 64.6 Å². The van der Waals surface area contributed by atoms with E-state index in [9.17, 15) is 17.4 Å². The molecule has 2 aromatic carbocycles. The lowest BCUT2D eigenvalue weighted by molar-refractivity contribution is -0.212. The van der Waals surface area contributed by atoms with Gasteiger partial charge in [0, 0.05) is 11.3 Å². The first kappa shape index (κ1) is 16.7. The quantitative estimate of drug-likeness (QED) is 0.832. The Labute approximate surface area is 139 Å². The average Bonchev–Trinajstić information content (AvgIpc) is 3.07. The lowest BCUT2D eigenvalue weighted by Gasteiger charge is -2.11. The van der Waals surface area contributed by atoms with Crippen LogP contribution in [-0.2, 0) is 21.4 Å². The van der Waals surface area contributed by atoms with Gasteiger partial charge in [-0.25, -0.2) is 0 Å². The van der Waals surface area contributed by atoms with E-state index in [0.717, 1.165) is 10.5 Å². The third-order valence-corrected chi connectivity index (χ3v) is 5.02. The Hall–Kier alpha value is -2.15. The summed E-state index contributed by atoms with van der Waals surface area (Å²) in [4.78, 5) is 5.19. The van der Waals surface area contributed by atoms with E-state index in [-0.39, 0.29) is 12.1 Å². The monoisotopic (exact) mass is 353 g/mol. The van der Waals surface area contributed by atoms with Gasteiger partial charge < -0.3 is 4.84 Å². The normalized spacial score (nSPS) is 18.8. The summed E-state index contributed by atoms with van der Waals surface area (Å²) in [5.74, 6) is 0.346. The number of benzene rings is 2. The van der Waals surface area contributed by atoms with Crippen molar-refractivity contribution >= 4 is 16.5 Å². The van der Waals surface area contributed by atoms with Crippen molar-refractivity contribution in [3.63, 3.8) is 0 Å². The summed E-state index contributed by atoms with van der Waals surface area (Å²) in [5.41, 5.74) is 1.69. The predicted molar refractivity (Wildman–Crippen MR) is 85.1 cm³/mol. The van der Waals surface area contributed by atoms with E-state index in [0.29, 0.717) is 11.3 Å². The number of oxime groups is 1. The molecule has 7 heteroatoms. The van der Waals surface area contributed by atoms with E-state index >= 15 is 0 Å². The van der Waals surface area contributed by atoms with Crippen LogP contribution in [0.25, 0.3) is 0 Å². The number of halogens is 3. The molecule has 0 fully saturated rings. The van der Waals surface area contributed by atoms with Crippen LogP contribution in [0.3, 0.4) is 0 Å². The number of rotatable bonds is 4. The van der Waals surface area contributed by atoms with E-state index in [2.05, 4.69) is 9.99 Å². The average molecular weight is 353 g/mol. The van der Waals surface area contributed by atoms with Crippen molar-refractivity contribution in [2.75, 3.05) is 0 Å². The lowest BCUT2D eigenvalue weighted by atomic mass is 10.0. The third kappa shape index (κ3) is 3.84. The minimum atomic E-state index is -4.42. The Morgan fingerprint density at radius 1 is 1.08 bits per heavy atom. The highest BCUT2D eigenvalue weighted by Gasteiger charge is 2.45. The van der Waals surface area contributed by atoms with Crippen LogP contribution in [0, 0.1) is 0 Å². The molecule has 0 radical (unpaired) electrons. The summed E-state index contributed by atoms with van der Waals surface area (Å²) in [6, 6.07) is 16.0. The molecular weight excluding hydrogens is 339 g/mol. The Bertz CT molecular complexity index is 758. The van der Waals surface area contributed by atoms with Gasteiger partial charge in [0.25, 0.3) is 0 Å². The molecule has 0 aliphatic carbocycles. The molecule has 3 nitrogen and oxygen atoms in total. The Morgan fingerprint density at radius 2 is 1.75 bits per heavy atom. The summed E-state index contributed by atoms with van der Waals surface area (Å²) in [6.07, 6.45) is -6.59. The molecule has 0 N–H and O–H groups in total. The first-order valence-electron chi connectivity index (χ1n) is 7.25. The van der Waals surface area contributed by atoms with E-state index < -0.39 is 23.1 Å². The van der Waals surface area contributed by atoms with Crippen molar-refractivity contribution in [1.29, 1.82) is 0 Å². The second-order valence-corrected chi connectivity index (χ2v) is 6.83. The van der Waals surface area contributed by atoms with Gasteiger partial charge in [0.05, 0.1) is 22.3 Å². The van der Waals surface area contributed by atoms with Gasteiger partial charge in [-0.2, -0.15) is 13.2 Å². The van der Waals surface area contributed by atoms with Gasteiger partial charge in [-0.3, -0.25) is 4.21 Å². The van der Waals surface area contributed by atoms with Crippen LogP contribution >= 0.6 is 0 Å². The third-order valence-electron chi connectivity index (χ3n) is 3.62. The maximum absolute atomic E-state index is 12.6. The van der Waals surface area contributed by atoms with E-state index in [1.54, 1.807) is 36.4 Å². The van der Waals surface area contributed by atoms with Gasteiger partial charge in [-0.1, -0.05) is 47.6 Å². The highest BCUT2D eigenvalue weighted by Crippen LogP contribution is 2.30. The molecule has 126 valence electrons. The number of hydrogen-bond acceptors (Lipinski definition) is 3. The van der Waals surface area contributed by atoms with Crippen LogP contribution in [0.2, 0.25) is 0 Å². The highest BCUT2D eigenvalue weighted by atomic mass is 32.2. The van der Waals surface area contributed by atoms with Gasteiger partial charge >= 0.3 is 6.18 Å². The molecular formula is C17H14F3NO2S. The van der Waals surface area contributed by atoms with Crippen LogP contribution in [0.4, 0.5) is 13.2 Å². The van der Waals surface area contributed by atoms with Gasteiger partial charge in [0.2, 0.25) is 6.10 Å². The van der Waals surface area contributed by atoms with Gasteiger partial charge in [0.1, 0.15) is 0 Å². The topological polar surface area (TPSA) is 38.7 Å². The molecule has 0 bridgehead atoms. The van der Waals surface area contributed by atoms with Crippen LogP contribution in [0.5, 0.6) is 0 Å². The fourth-order valence-electron chi connectivity index (χ4n) is 2.32. The number of hydrogen-bond donors (Lipinski definition) is 0. The number of alkyl halides is 3. The van der Waals surface area contributed by atoms with Crippen molar-refractivity contribution in [1.82, 2.24) is 0 Å². The summed E-state index contributed by atoms with van der Waals surface area (Å²) < 4.78 is 50.0. The van der Waals surface area contributed by atoms with Crippen molar-refractivity contribution in [3.8, 4) is 0 Å². The van der Waals surface area contributed by atoms with E-state index in [4.69, 9.17) is 0 Å². The fraction of sp³-hybridized carbons (Fsp3) is 0.235. The molecule has 1 aliphatic heterocycles. The molecule has 0 saturated carbocycles. The second kappa shape index (κ2) is 6.76. The van der Waals surface area contributed by atoms with Crippen LogP contribution in [0.1, 0.15) is 17.5 Å². The van der Waals surface area contributed by atoms with Crippen molar-refractivity contribution in [2.24, 2.45) is 5.16 Å². The molecule has 24 heavy (non-hydrogen) atoms. The zero-order valence-electron chi connectivity index (χ0n) is 12.5. The van der Waals surface area contributed by atoms with Gasteiger partial charge in [-0.15, -0.1) is 0 Å². The first-order chi connectivity index (χ1) is 11.4. The van der Waals surface area contributed by atoms with Crippen molar-refractivity contribution in [2.45, 2.75) is 29.3 Å². The molecule has 0 amide bonds. The summed E-state index contributed by atoms with van der Waals surface area (Å²) in [7, 11) is -1.16. The SMILES string of the molecule is O=S(Cc1ccc(C2=NOC(C(F)(F)F)C2)cc1)c1ccccc1. The molecule has 1 aliphatic rings. The van der Waals surface area contributed by atoms with Gasteiger partial charge in [-0.05, 0) is 23.3 Å². The zero-order chi connectivity index (χ0) is 17.2. The summed E-state index contributed by atoms with van der Waals surface area (Å²) in [5, 5.41) is 3.53. The maximum Gasteiger partial charge on any atom is 0.428 e. The summed E-state index contributed by atoms with van der Waals surface area (Å²) >= 11 is 0. The fourth-order valence-corrected chi connectivity index (χ4v) is 3.45. The molecule has 2 aromatic rings. The van der Waals surface area contributed by atoms with Crippen molar-refractivity contribution in [3.05, 3.63) is 65.7 Å². The van der Waals surface area contributed by atoms with E-state index in [1.165, 1.54) is 0 Å². The minimum Gasteiger partial charge on any atom is -0.382 e. The molecule has 0 spiro atoms. The van der Waals surface area contributed by atoms with Crippen LogP contribution < -0.4 is 0 Å². The second-order valence-electron chi connectivity index (χ2n) is 5.38. The largest absolute Gasteiger partial charge is 0.428 e. The maximum atomic E-state index is 12.6. The number of nitrogens with zero attached hydrogens (tertiary/aromatic N) is 1. The molecule has 0 saturated heterocycles. The summed E-state index contributed by atoms with van der Waals surface area (Å²) in [6.45, 7) is 0. The molecule has 2 unspecified atom stereocenters. The van der Waals surface area contributed by atoms with E-state index in [1.807, 2.05) is 18.2 Å². The lowest BCUT2D eigenvalue weighted by Crippen LogP contribution is -2.28. The smallest absolute Gasteiger partial charge is 0.382 e. The first-order valence-corrected chi connectivity index (χ1v) is 8.57.